The van der Waals surface area contributed by atoms with Crippen molar-refractivity contribution in [3.8, 4) is 33.9 Å². The van der Waals surface area contributed by atoms with Gasteiger partial charge in [-0.3, -0.25) is 0 Å². The van der Waals surface area contributed by atoms with Crippen LogP contribution in [0.15, 0.2) is 36.4 Å². The Bertz CT molecular complexity index is 891. The second-order valence-corrected chi connectivity index (χ2v) is 6.51. The topological polar surface area (TPSA) is 57.4 Å². The van der Waals surface area contributed by atoms with Crippen LogP contribution in [0.5, 0.6) is 11.5 Å². The molecule has 6 heteroatoms. The van der Waals surface area contributed by atoms with Gasteiger partial charge in [0.25, 0.3) is 0 Å². The molecule has 0 atom stereocenters. The lowest BCUT2D eigenvalue weighted by Crippen LogP contribution is -1.95. The summed E-state index contributed by atoms with van der Waals surface area (Å²) in [4.78, 5) is 5.71. The molecule has 0 saturated heterocycles. The summed E-state index contributed by atoms with van der Waals surface area (Å²) in [5.74, 6) is 1.71. The first-order valence-electron chi connectivity index (χ1n) is 7.31. The Kier molecular flexibility index (Phi) is 4.69. The maximum atomic E-state index is 5.85. The van der Waals surface area contributed by atoms with E-state index >= 15 is 0 Å². The van der Waals surface area contributed by atoms with Gasteiger partial charge in [-0.25, -0.2) is 4.98 Å². The molecule has 4 nitrogen and oxygen atoms in total. The van der Waals surface area contributed by atoms with Crippen LogP contribution in [0, 0.1) is 0 Å². The largest absolute Gasteiger partial charge is 0.497 e. The van der Waals surface area contributed by atoms with Crippen LogP contribution in [0.4, 0.5) is 5.13 Å². The average Bonchev–Trinajstić information content (AvgIpc) is 3.09. The number of nitrogens with zero attached hydrogens (tertiary/aromatic N) is 1. The zero-order chi connectivity index (χ0) is 16.0. The zero-order valence-electron chi connectivity index (χ0n) is 13.3. The molecule has 1 aliphatic carbocycles. The minimum absolute atomic E-state index is 0. The Labute approximate surface area is 161 Å². The summed E-state index contributed by atoms with van der Waals surface area (Å²) < 4.78 is 10.9. The molecule has 124 valence electrons. The van der Waals surface area contributed by atoms with Crippen LogP contribution in [-0.4, -0.2) is 19.2 Å². The molecular formula is C18H17IN2O2S. The minimum Gasteiger partial charge on any atom is -0.497 e. The summed E-state index contributed by atoms with van der Waals surface area (Å²) in [6.07, 6.45) is 0.845. The number of hydrogen-bond acceptors (Lipinski definition) is 5. The van der Waals surface area contributed by atoms with E-state index in [1.54, 1.807) is 25.6 Å². The predicted molar refractivity (Wildman–Crippen MR) is 109 cm³/mol. The van der Waals surface area contributed by atoms with Crippen molar-refractivity contribution in [2.24, 2.45) is 0 Å². The van der Waals surface area contributed by atoms with Gasteiger partial charge in [-0.2, -0.15) is 0 Å². The average molecular weight is 452 g/mol. The van der Waals surface area contributed by atoms with Crippen molar-refractivity contribution in [1.29, 1.82) is 0 Å². The Hall–Kier alpha value is -1.80. The number of halogens is 1. The summed E-state index contributed by atoms with van der Waals surface area (Å²) >= 11 is 1.56. The van der Waals surface area contributed by atoms with Crippen molar-refractivity contribution in [2.75, 3.05) is 20.0 Å². The van der Waals surface area contributed by atoms with Crippen LogP contribution < -0.4 is 15.2 Å². The SMILES string of the molecule is COc1ccc(-c2c(OC)ccc3c2Cc2sc(N)nc2-3)cc1.I. The number of benzene rings is 2. The van der Waals surface area contributed by atoms with Crippen molar-refractivity contribution >= 4 is 40.4 Å². The molecular weight excluding hydrogens is 435 g/mol. The van der Waals surface area contributed by atoms with Crippen LogP contribution >= 0.6 is 35.3 Å². The third-order valence-corrected chi connectivity index (χ3v) is 5.06. The van der Waals surface area contributed by atoms with Gasteiger partial charge < -0.3 is 15.2 Å². The third kappa shape index (κ3) is 2.63. The fourth-order valence-electron chi connectivity index (χ4n) is 3.14. The maximum Gasteiger partial charge on any atom is 0.180 e. The highest BCUT2D eigenvalue weighted by atomic mass is 127. The highest BCUT2D eigenvalue weighted by Gasteiger charge is 2.27. The number of methoxy groups -OCH3 is 2. The van der Waals surface area contributed by atoms with Crippen molar-refractivity contribution < 1.29 is 9.47 Å². The van der Waals surface area contributed by atoms with Gasteiger partial charge in [0.05, 0.1) is 19.9 Å². The molecule has 0 radical (unpaired) electrons. The number of anilines is 1. The summed E-state index contributed by atoms with van der Waals surface area (Å²) in [6, 6.07) is 12.1. The van der Waals surface area contributed by atoms with Gasteiger partial charge in [-0.05, 0) is 35.4 Å². The fourth-order valence-corrected chi connectivity index (χ4v) is 3.99. The van der Waals surface area contributed by atoms with Crippen LogP contribution in [0.1, 0.15) is 10.4 Å². The molecule has 4 rings (SSSR count). The minimum atomic E-state index is 0. The number of nitrogen functional groups attached to an aromatic ring is 1. The molecule has 0 unspecified atom stereocenters. The number of nitrogens with two attached hydrogens (primary N) is 1. The Morgan fingerprint density at radius 3 is 2.46 bits per heavy atom. The Balaban J connectivity index is 0.00000169. The van der Waals surface area contributed by atoms with E-state index in [0.29, 0.717) is 5.13 Å². The lowest BCUT2D eigenvalue weighted by Gasteiger charge is -2.14. The number of aromatic nitrogens is 1. The van der Waals surface area contributed by atoms with Crippen LogP contribution in [0.3, 0.4) is 0 Å². The van der Waals surface area contributed by atoms with E-state index in [1.165, 1.54) is 10.4 Å². The van der Waals surface area contributed by atoms with Gasteiger partial charge in [0.1, 0.15) is 11.5 Å². The van der Waals surface area contributed by atoms with Gasteiger partial charge in [0, 0.05) is 22.4 Å². The molecule has 0 amide bonds. The first-order valence-corrected chi connectivity index (χ1v) is 8.12. The normalized spacial score (nSPS) is 11.4. The summed E-state index contributed by atoms with van der Waals surface area (Å²) in [5.41, 5.74) is 11.5. The van der Waals surface area contributed by atoms with E-state index in [4.69, 9.17) is 15.2 Å². The number of hydrogen-bond donors (Lipinski definition) is 1. The second kappa shape index (κ2) is 6.60. The molecule has 1 aromatic heterocycles. The molecule has 24 heavy (non-hydrogen) atoms. The summed E-state index contributed by atoms with van der Waals surface area (Å²) in [5, 5.41) is 0.627. The molecule has 2 aromatic carbocycles. The molecule has 3 aromatic rings. The highest BCUT2D eigenvalue weighted by molar-refractivity contribution is 14.0. The van der Waals surface area contributed by atoms with E-state index in [1.807, 2.05) is 18.2 Å². The van der Waals surface area contributed by atoms with E-state index in [0.717, 1.165) is 40.3 Å². The van der Waals surface area contributed by atoms with Gasteiger partial charge in [-0.1, -0.05) is 12.1 Å². The number of thiazole rings is 1. The molecule has 1 aliphatic rings. The van der Waals surface area contributed by atoms with Gasteiger partial charge in [0.2, 0.25) is 0 Å². The Morgan fingerprint density at radius 2 is 1.79 bits per heavy atom. The van der Waals surface area contributed by atoms with Crippen LogP contribution in [0.25, 0.3) is 22.4 Å². The van der Waals surface area contributed by atoms with E-state index in [2.05, 4.69) is 23.2 Å². The predicted octanol–water partition coefficient (Wildman–Crippen LogP) is 4.60. The van der Waals surface area contributed by atoms with E-state index in [9.17, 15) is 0 Å². The lowest BCUT2D eigenvalue weighted by atomic mass is 9.95. The monoisotopic (exact) mass is 452 g/mol. The third-order valence-electron chi connectivity index (χ3n) is 4.18. The quantitative estimate of drug-likeness (QED) is 0.462. The van der Waals surface area contributed by atoms with Gasteiger partial charge >= 0.3 is 0 Å². The standard InChI is InChI=1S/C18H16N2O2S.HI/c1-21-11-5-3-10(4-6-11)16-13-9-15-17(20-18(19)23-15)12(13)7-8-14(16)22-2;/h3-8H,9H2,1-2H3,(H2,19,20);1H. The fraction of sp³-hybridized carbons (Fsp3) is 0.167. The zero-order valence-corrected chi connectivity index (χ0v) is 16.5. The molecule has 1 heterocycles. The molecule has 0 aliphatic heterocycles. The molecule has 2 N–H and O–H groups in total. The van der Waals surface area contributed by atoms with Crippen LogP contribution in [0.2, 0.25) is 0 Å². The van der Waals surface area contributed by atoms with Crippen molar-refractivity contribution in [3.05, 3.63) is 46.8 Å². The van der Waals surface area contributed by atoms with E-state index < -0.39 is 0 Å². The second-order valence-electron chi connectivity index (χ2n) is 5.40. The van der Waals surface area contributed by atoms with Gasteiger partial charge in [-0.15, -0.1) is 35.3 Å². The van der Waals surface area contributed by atoms with E-state index in [-0.39, 0.29) is 24.0 Å². The van der Waals surface area contributed by atoms with Crippen molar-refractivity contribution in [3.63, 3.8) is 0 Å². The molecule has 0 fully saturated rings. The summed E-state index contributed by atoms with van der Waals surface area (Å²) in [7, 11) is 3.37. The molecule has 0 saturated carbocycles. The first-order chi connectivity index (χ1) is 11.2. The number of rotatable bonds is 3. The molecule has 0 bridgehead atoms. The first kappa shape index (κ1) is 17.0. The highest BCUT2D eigenvalue weighted by Crippen LogP contribution is 2.47. The van der Waals surface area contributed by atoms with Crippen LogP contribution in [-0.2, 0) is 6.42 Å². The van der Waals surface area contributed by atoms with Crippen molar-refractivity contribution in [1.82, 2.24) is 4.98 Å². The lowest BCUT2D eigenvalue weighted by molar-refractivity contribution is 0.414. The molecule has 0 spiro atoms. The van der Waals surface area contributed by atoms with Gasteiger partial charge in [0.15, 0.2) is 5.13 Å². The number of fused-ring (bicyclic) bond motifs is 3. The smallest absolute Gasteiger partial charge is 0.180 e. The number of ether oxygens (including phenoxy) is 2. The summed E-state index contributed by atoms with van der Waals surface area (Å²) in [6.45, 7) is 0. The maximum absolute atomic E-state index is 5.85. The Morgan fingerprint density at radius 1 is 1.04 bits per heavy atom. The van der Waals surface area contributed by atoms with Crippen molar-refractivity contribution in [2.45, 2.75) is 6.42 Å².